The molecule has 1 amide bonds. The molecule has 27 heavy (non-hydrogen) atoms. The van der Waals surface area contributed by atoms with Gasteiger partial charge in [0, 0.05) is 10.6 Å². The van der Waals surface area contributed by atoms with E-state index < -0.39 is 27.3 Å². The highest BCUT2D eigenvalue weighted by molar-refractivity contribution is 7.91. The summed E-state index contributed by atoms with van der Waals surface area (Å²) < 4.78 is 32.1. The third-order valence-electron chi connectivity index (χ3n) is 4.55. The van der Waals surface area contributed by atoms with Gasteiger partial charge < -0.3 is 9.57 Å². The Labute approximate surface area is 161 Å². The summed E-state index contributed by atoms with van der Waals surface area (Å²) in [6.07, 6.45) is -1.17. The largest absolute Gasteiger partial charge is 0.497 e. The van der Waals surface area contributed by atoms with Crippen LogP contribution in [0.1, 0.15) is 11.1 Å². The summed E-state index contributed by atoms with van der Waals surface area (Å²) in [6.45, 7) is -0.0740. The molecule has 9 heteroatoms. The second-order valence-corrected chi connectivity index (χ2v) is 8.58. The lowest BCUT2D eigenvalue weighted by atomic mass is 10.0. The minimum Gasteiger partial charge on any atom is -0.497 e. The summed E-state index contributed by atoms with van der Waals surface area (Å²) >= 11 is 5.88. The second kappa shape index (κ2) is 6.54. The Balaban J connectivity index is 1.64. The molecule has 4 rings (SSSR count). The van der Waals surface area contributed by atoms with Crippen LogP contribution in [-0.2, 0) is 26.2 Å². The van der Waals surface area contributed by atoms with E-state index in [9.17, 15) is 13.2 Å². The Morgan fingerprint density at radius 1 is 1.15 bits per heavy atom. The van der Waals surface area contributed by atoms with Crippen LogP contribution in [0.5, 0.6) is 5.75 Å². The lowest BCUT2D eigenvalue weighted by Crippen LogP contribution is -2.34. The highest BCUT2D eigenvalue weighted by Gasteiger charge is 2.59. The molecular formula is C18H15ClN2O5S. The SMILES string of the molecule is COc1ccc(CN2C(=O)C3ON=C(c4ccc(Cl)cc4)C3S2(=O)=O)cc1. The second-order valence-electron chi connectivity index (χ2n) is 6.17. The molecule has 0 aromatic heterocycles. The minimum absolute atomic E-state index is 0.0740. The van der Waals surface area contributed by atoms with Crippen molar-refractivity contribution in [2.45, 2.75) is 17.9 Å². The van der Waals surface area contributed by atoms with E-state index in [-0.39, 0.29) is 12.3 Å². The number of sulfonamides is 1. The van der Waals surface area contributed by atoms with E-state index in [2.05, 4.69) is 5.16 Å². The van der Waals surface area contributed by atoms with E-state index in [1.54, 1.807) is 55.6 Å². The number of ether oxygens (including phenoxy) is 1. The number of halogens is 1. The maximum absolute atomic E-state index is 13.1. The first-order valence-corrected chi connectivity index (χ1v) is 9.98. The molecule has 2 unspecified atom stereocenters. The van der Waals surface area contributed by atoms with Crippen LogP contribution in [0.2, 0.25) is 5.02 Å². The molecule has 7 nitrogen and oxygen atoms in total. The third-order valence-corrected chi connectivity index (χ3v) is 6.84. The van der Waals surface area contributed by atoms with Crippen LogP contribution in [0.25, 0.3) is 0 Å². The first-order valence-electron chi connectivity index (χ1n) is 8.10. The molecule has 2 atom stereocenters. The molecule has 1 saturated heterocycles. The predicted octanol–water partition coefficient (Wildman–Crippen LogP) is 2.19. The maximum Gasteiger partial charge on any atom is 0.282 e. The van der Waals surface area contributed by atoms with Crippen LogP contribution < -0.4 is 4.74 Å². The number of nitrogens with zero attached hydrogens (tertiary/aromatic N) is 2. The summed E-state index contributed by atoms with van der Waals surface area (Å²) in [5.74, 6) is 0.0234. The van der Waals surface area contributed by atoms with Gasteiger partial charge in [-0.05, 0) is 29.8 Å². The Morgan fingerprint density at radius 3 is 2.44 bits per heavy atom. The van der Waals surface area contributed by atoms with Crippen LogP contribution in [0, 0.1) is 0 Å². The third kappa shape index (κ3) is 2.94. The summed E-state index contributed by atoms with van der Waals surface area (Å²) in [4.78, 5) is 17.9. The highest BCUT2D eigenvalue weighted by Crippen LogP contribution is 2.35. The summed E-state index contributed by atoms with van der Waals surface area (Å²) in [5.41, 5.74) is 1.43. The molecule has 2 heterocycles. The fraction of sp³-hybridized carbons (Fsp3) is 0.222. The van der Waals surface area contributed by atoms with Gasteiger partial charge in [-0.1, -0.05) is 41.0 Å². The average Bonchev–Trinajstić information content (AvgIpc) is 3.19. The molecule has 0 N–H and O–H groups in total. The topological polar surface area (TPSA) is 85.3 Å². The molecule has 0 aliphatic carbocycles. The highest BCUT2D eigenvalue weighted by atomic mass is 35.5. The Hall–Kier alpha value is -2.58. The van der Waals surface area contributed by atoms with E-state index in [1.165, 1.54) is 0 Å². The zero-order valence-electron chi connectivity index (χ0n) is 14.2. The number of methoxy groups -OCH3 is 1. The van der Waals surface area contributed by atoms with E-state index in [0.29, 0.717) is 21.9 Å². The molecular weight excluding hydrogens is 392 g/mol. The van der Waals surface area contributed by atoms with Gasteiger partial charge in [-0.25, -0.2) is 12.7 Å². The van der Waals surface area contributed by atoms with Crippen molar-refractivity contribution in [3.8, 4) is 5.75 Å². The standard InChI is InChI=1S/C18H15ClN2O5S/c1-25-14-8-2-11(3-9-14)10-21-18(22)16-17(27(21,23)24)15(20-26-16)12-4-6-13(19)7-5-12/h2-9,16-17H,10H2,1H3. The van der Waals surface area contributed by atoms with Crippen LogP contribution in [0.15, 0.2) is 53.7 Å². The van der Waals surface area contributed by atoms with Crippen molar-refractivity contribution < 1.29 is 22.8 Å². The molecule has 0 radical (unpaired) electrons. The van der Waals surface area contributed by atoms with Crippen LogP contribution in [0.3, 0.4) is 0 Å². The Kier molecular flexibility index (Phi) is 4.32. The Morgan fingerprint density at radius 2 is 1.81 bits per heavy atom. The lowest BCUT2D eigenvalue weighted by molar-refractivity contribution is -0.135. The summed E-state index contributed by atoms with van der Waals surface area (Å²) in [7, 11) is -2.43. The van der Waals surface area contributed by atoms with Crippen molar-refractivity contribution in [1.82, 2.24) is 4.31 Å². The molecule has 2 aliphatic rings. The Bertz CT molecular complexity index is 1020. The average molecular weight is 407 g/mol. The zero-order valence-corrected chi connectivity index (χ0v) is 15.8. The number of hydrogen-bond acceptors (Lipinski definition) is 6. The van der Waals surface area contributed by atoms with Crippen molar-refractivity contribution >= 4 is 33.2 Å². The smallest absolute Gasteiger partial charge is 0.282 e. The van der Waals surface area contributed by atoms with E-state index >= 15 is 0 Å². The minimum atomic E-state index is -3.97. The van der Waals surface area contributed by atoms with Crippen molar-refractivity contribution in [3.63, 3.8) is 0 Å². The number of amides is 1. The lowest BCUT2D eigenvalue weighted by Gasteiger charge is -2.17. The number of carbonyl (C=O) groups excluding carboxylic acids is 1. The van der Waals surface area contributed by atoms with Crippen molar-refractivity contribution in [2.75, 3.05) is 7.11 Å². The number of hydrogen-bond donors (Lipinski definition) is 0. The molecule has 2 aliphatic heterocycles. The van der Waals surface area contributed by atoms with Crippen molar-refractivity contribution in [2.24, 2.45) is 5.16 Å². The van der Waals surface area contributed by atoms with Gasteiger partial charge in [-0.2, -0.15) is 0 Å². The monoisotopic (exact) mass is 406 g/mol. The van der Waals surface area contributed by atoms with Gasteiger partial charge in [0.05, 0.1) is 13.7 Å². The number of fused-ring (bicyclic) bond motifs is 1. The van der Waals surface area contributed by atoms with Gasteiger partial charge in [0.15, 0.2) is 5.25 Å². The summed E-state index contributed by atoms with van der Waals surface area (Å²) in [5, 5.41) is 3.21. The van der Waals surface area contributed by atoms with Gasteiger partial charge in [-0.15, -0.1) is 0 Å². The molecule has 0 bridgehead atoms. The molecule has 1 fully saturated rings. The number of oxime groups is 1. The fourth-order valence-electron chi connectivity index (χ4n) is 3.14. The fourth-order valence-corrected chi connectivity index (χ4v) is 5.17. The van der Waals surface area contributed by atoms with Gasteiger partial charge in [0.2, 0.25) is 6.10 Å². The quantitative estimate of drug-likeness (QED) is 0.777. The van der Waals surface area contributed by atoms with Gasteiger partial charge in [0.1, 0.15) is 11.5 Å². The molecule has 140 valence electrons. The normalized spacial score (nSPS) is 23.0. The first-order chi connectivity index (χ1) is 12.9. The number of benzene rings is 2. The van der Waals surface area contributed by atoms with Crippen LogP contribution in [-0.4, -0.2) is 42.8 Å². The summed E-state index contributed by atoms with van der Waals surface area (Å²) in [6, 6.07) is 13.4. The molecule has 0 spiro atoms. The first kappa shape index (κ1) is 17.8. The van der Waals surface area contributed by atoms with Crippen molar-refractivity contribution in [1.29, 1.82) is 0 Å². The van der Waals surface area contributed by atoms with Gasteiger partial charge in [-0.3, -0.25) is 4.79 Å². The number of rotatable bonds is 4. The number of carbonyl (C=O) groups is 1. The predicted molar refractivity (Wildman–Crippen MR) is 99.1 cm³/mol. The van der Waals surface area contributed by atoms with Crippen molar-refractivity contribution in [3.05, 3.63) is 64.7 Å². The molecule has 2 aromatic rings. The van der Waals surface area contributed by atoms with Gasteiger partial charge in [0.25, 0.3) is 15.9 Å². The van der Waals surface area contributed by atoms with E-state index in [4.69, 9.17) is 21.2 Å². The molecule has 2 aromatic carbocycles. The van der Waals surface area contributed by atoms with Gasteiger partial charge >= 0.3 is 0 Å². The van der Waals surface area contributed by atoms with E-state index in [0.717, 1.165) is 4.31 Å². The molecule has 0 saturated carbocycles. The van der Waals surface area contributed by atoms with Crippen LogP contribution >= 0.6 is 11.6 Å². The van der Waals surface area contributed by atoms with Crippen LogP contribution in [0.4, 0.5) is 0 Å². The zero-order chi connectivity index (χ0) is 19.2. The van der Waals surface area contributed by atoms with E-state index in [1.807, 2.05) is 0 Å². The maximum atomic E-state index is 13.1.